The number of hydrogen-bond donors (Lipinski definition) is 2. The van der Waals surface area contributed by atoms with E-state index in [1.807, 2.05) is 0 Å². The monoisotopic (exact) mass is 341 g/mol. The maximum absolute atomic E-state index is 12.5. The van der Waals surface area contributed by atoms with Gasteiger partial charge in [0, 0.05) is 23.2 Å². The topological polar surface area (TPSA) is 84.2 Å². The molecule has 1 aliphatic rings. The molecule has 2 amide bonds. The minimum absolute atomic E-state index is 0.126. The van der Waals surface area contributed by atoms with Crippen molar-refractivity contribution < 1.29 is 14.1 Å². The summed E-state index contributed by atoms with van der Waals surface area (Å²) in [4.78, 5) is 24.8. The molecular weight excluding hydrogens is 318 g/mol. The Morgan fingerprint density at radius 1 is 1.04 bits per heavy atom. The molecule has 0 unspecified atom stereocenters. The average molecular weight is 341 g/mol. The SMILES string of the molecule is Cc1cc(NC(=O)c2cccc(C(=O)NC3CCCCCC3)c2)no1. The highest BCUT2D eigenvalue weighted by atomic mass is 16.5. The van der Waals surface area contributed by atoms with Crippen LogP contribution in [0, 0.1) is 6.92 Å². The summed E-state index contributed by atoms with van der Waals surface area (Å²) in [5.41, 5.74) is 0.905. The first-order valence-electron chi connectivity index (χ1n) is 8.77. The van der Waals surface area contributed by atoms with Gasteiger partial charge in [-0.1, -0.05) is 36.9 Å². The van der Waals surface area contributed by atoms with Crippen LogP contribution in [0.3, 0.4) is 0 Å². The van der Waals surface area contributed by atoms with Gasteiger partial charge in [-0.25, -0.2) is 0 Å². The van der Waals surface area contributed by atoms with E-state index in [1.165, 1.54) is 12.8 Å². The Morgan fingerprint density at radius 2 is 1.72 bits per heavy atom. The third kappa shape index (κ3) is 4.68. The Balaban J connectivity index is 1.65. The number of carbonyl (C=O) groups is 2. The Kier molecular flexibility index (Phi) is 5.48. The number of aryl methyl sites for hydroxylation is 1. The summed E-state index contributed by atoms with van der Waals surface area (Å²) in [6.45, 7) is 1.75. The van der Waals surface area contributed by atoms with Crippen molar-refractivity contribution in [2.24, 2.45) is 0 Å². The number of carbonyl (C=O) groups excluding carboxylic acids is 2. The normalized spacial score (nSPS) is 15.4. The van der Waals surface area contributed by atoms with Gasteiger partial charge in [0.15, 0.2) is 5.82 Å². The zero-order valence-electron chi connectivity index (χ0n) is 14.4. The summed E-state index contributed by atoms with van der Waals surface area (Å²) in [5, 5.41) is 9.49. The third-order valence-corrected chi connectivity index (χ3v) is 4.45. The quantitative estimate of drug-likeness (QED) is 0.831. The van der Waals surface area contributed by atoms with Crippen LogP contribution in [0.1, 0.15) is 65.0 Å². The zero-order chi connectivity index (χ0) is 17.6. The van der Waals surface area contributed by atoms with Crippen molar-refractivity contribution in [3.8, 4) is 0 Å². The first-order valence-corrected chi connectivity index (χ1v) is 8.77. The molecule has 2 N–H and O–H groups in total. The molecule has 3 rings (SSSR count). The van der Waals surface area contributed by atoms with Crippen LogP contribution in [0.5, 0.6) is 0 Å². The van der Waals surface area contributed by atoms with Crippen molar-refractivity contribution in [3.05, 3.63) is 47.2 Å². The molecule has 1 aliphatic carbocycles. The fourth-order valence-corrected chi connectivity index (χ4v) is 3.11. The van der Waals surface area contributed by atoms with Gasteiger partial charge in [0.25, 0.3) is 11.8 Å². The largest absolute Gasteiger partial charge is 0.360 e. The lowest BCUT2D eigenvalue weighted by atomic mass is 10.1. The number of benzene rings is 1. The lowest BCUT2D eigenvalue weighted by molar-refractivity contribution is 0.0933. The van der Waals surface area contributed by atoms with E-state index in [9.17, 15) is 9.59 Å². The van der Waals surface area contributed by atoms with Crippen LogP contribution >= 0.6 is 0 Å². The number of rotatable bonds is 4. The van der Waals surface area contributed by atoms with Crippen LogP contribution in [0.25, 0.3) is 0 Å². The van der Waals surface area contributed by atoms with Crippen molar-refractivity contribution in [1.29, 1.82) is 0 Å². The molecule has 6 heteroatoms. The van der Waals surface area contributed by atoms with Gasteiger partial charge in [0.05, 0.1) is 0 Å². The Hall–Kier alpha value is -2.63. The number of aromatic nitrogens is 1. The van der Waals surface area contributed by atoms with E-state index in [1.54, 1.807) is 37.3 Å². The van der Waals surface area contributed by atoms with Crippen molar-refractivity contribution >= 4 is 17.6 Å². The first-order chi connectivity index (χ1) is 12.1. The standard InChI is InChI=1S/C19H23N3O3/c1-13-11-17(22-25-13)21-19(24)15-8-6-7-14(12-15)18(23)20-16-9-4-2-3-5-10-16/h6-8,11-12,16H,2-5,9-10H2,1H3,(H,20,23)(H,21,22,24). The maximum Gasteiger partial charge on any atom is 0.256 e. The van der Waals surface area contributed by atoms with E-state index < -0.39 is 0 Å². The molecular formula is C19H23N3O3. The summed E-state index contributed by atoms with van der Waals surface area (Å²) < 4.78 is 4.93. The maximum atomic E-state index is 12.5. The number of nitrogens with one attached hydrogen (secondary N) is 2. The summed E-state index contributed by atoms with van der Waals surface area (Å²) in [5.74, 6) is 0.527. The number of hydrogen-bond acceptors (Lipinski definition) is 4. The van der Waals surface area contributed by atoms with E-state index in [4.69, 9.17) is 4.52 Å². The van der Waals surface area contributed by atoms with E-state index in [0.717, 1.165) is 25.7 Å². The molecule has 0 atom stereocenters. The smallest absolute Gasteiger partial charge is 0.256 e. The molecule has 0 radical (unpaired) electrons. The lowest BCUT2D eigenvalue weighted by Gasteiger charge is -2.16. The van der Waals surface area contributed by atoms with Gasteiger partial charge in [-0.2, -0.15) is 0 Å². The fraction of sp³-hybridized carbons (Fsp3) is 0.421. The molecule has 0 saturated heterocycles. The van der Waals surface area contributed by atoms with Gasteiger partial charge in [-0.15, -0.1) is 0 Å². The van der Waals surface area contributed by atoms with Gasteiger partial charge >= 0.3 is 0 Å². The fourth-order valence-electron chi connectivity index (χ4n) is 3.11. The van der Waals surface area contributed by atoms with Crippen LogP contribution < -0.4 is 10.6 Å². The predicted octanol–water partition coefficient (Wildman–Crippen LogP) is 3.69. The van der Waals surface area contributed by atoms with Gasteiger partial charge in [0.2, 0.25) is 0 Å². The molecule has 2 aromatic rings. The van der Waals surface area contributed by atoms with Gasteiger partial charge < -0.3 is 15.2 Å². The van der Waals surface area contributed by atoms with E-state index in [0.29, 0.717) is 22.7 Å². The molecule has 0 spiro atoms. The number of nitrogens with zero attached hydrogens (tertiary/aromatic N) is 1. The summed E-state index contributed by atoms with van der Waals surface area (Å²) in [6.07, 6.45) is 6.84. The van der Waals surface area contributed by atoms with Gasteiger partial charge in [-0.05, 0) is 38.0 Å². The Bertz CT molecular complexity index is 746. The van der Waals surface area contributed by atoms with Crippen molar-refractivity contribution in [3.63, 3.8) is 0 Å². The zero-order valence-corrected chi connectivity index (χ0v) is 14.4. The van der Waals surface area contributed by atoms with Crippen LogP contribution in [-0.4, -0.2) is 23.0 Å². The molecule has 132 valence electrons. The highest BCUT2D eigenvalue weighted by Crippen LogP contribution is 2.18. The first kappa shape index (κ1) is 17.2. The second kappa shape index (κ2) is 7.96. The molecule has 1 fully saturated rings. The Labute approximate surface area is 147 Å². The summed E-state index contributed by atoms with van der Waals surface area (Å²) in [6, 6.07) is 8.58. The molecule has 6 nitrogen and oxygen atoms in total. The van der Waals surface area contributed by atoms with E-state index >= 15 is 0 Å². The van der Waals surface area contributed by atoms with E-state index in [2.05, 4.69) is 15.8 Å². The molecule has 1 saturated carbocycles. The van der Waals surface area contributed by atoms with E-state index in [-0.39, 0.29) is 17.9 Å². The highest BCUT2D eigenvalue weighted by Gasteiger charge is 2.17. The number of amides is 2. The molecule has 25 heavy (non-hydrogen) atoms. The van der Waals surface area contributed by atoms with Crippen LogP contribution in [0.15, 0.2) is 34.9 Å². The Morgan fingerprint density at radius 3 is 2.36 bits per heavy atom. The van der Waals surface area contributed by atoms with Crippen LogP contribution in [-0.2, 0) is 0 Å². The summed E-state index contributed by atoms with van der Waals surface area (Å²) in [7, 11) is 0. The highest BCUT2D eigenvalue weighted by molar-refractivity contribution is 6.05. The minimum Gasteiger partial charge on any atom is -0.360 e. The minimum atomic E-state index is -0.322. The van der Waals surface area contributed by atoms with Crippen molar-refractivity contribution in [1.82, 2.24) is 10.5 Å². The summed E-state index contributed by atoms with van der Waals surface area (Å²) >= 11 is 0. The second-order valence-corrected chi connectivity index (χ2v) is 6.52. The predicted molar refractivity (Wildman–Crippen MR) is 94.6 cm³/mol. The van der Waals surface area contributed by atoms with Gasteiger partial charge in [0.1, 0.15) is 5.76 Å². The van der Waals surface area contributed by atoms with Crippen molar-refractivity contribution in [2.45, 2.75) is 51.5 Å². The molecule has 1 heterocycles. The lowest BCUT2D eigenvalue weighted by Crippen LogP contribution is -2.34. The molecule has 0 aliphatic heterocycles. The number of anilines is 1. The molecule has 1 aromatic carbocycles. The third-order valence-electron chi connectivity index (χ3n) is 4.45. The van der Waals surface area contributed by atoms with Crippen LogP contribution in [0.2, 0.25) is 0 Å². The second-order valence-electron chi connectivity index (χ2n) is 6.52. The van der Waals surface area contributed by atoms with Crippen molar-refractivity contribution in [2.75, 3.05) is 5.32 Å². The molecule has 0 bridgehead atoms. The average Bonchev–Trinajstić information content (AvgIpc) is 2.85. The van der Waals surface area contributed by atoms with Gasteiger partial charge in [-0.3, -0.25) is 9.59 Å². The molecule has 1 aromatic heterocycles. The van der Waals surface area contributed by atoms with Crippen LogP contribution in [0.4, 0.5) is 5.82 Å².